The van der Waals surface area contributed by atoms with Gasteiger partial charge in [0.05, 0.1) is 0 Å². The van der Waals surface area contributed by atoms with Crippen LogP contribution in [-0.4, -0.2) is 21.0 Å². The molecular formula is C9H12N2O2. The van der Waals surface area contributed by atoms with Gasteiger partial charge in [-0.1, -0.05) is 0 Å². The predicted molar refractivity (Wildman–Crippen MR) is 47.2 cm³/mol. The van der Waals surface area contributed by atoms with Crippen molar-refractivity contribution in [3.8, 4) is 0 Å². The van der Waals surface area contributed by atoms with Crippen LogP contribution in [0.25, 0.3) is 0 Å². The summed E-state index contributed by atoms with van der Waals surface area (Å²) in [4.78, 5) is 18.3. The number of hydrogen-bond donors (Lipinski definition) is 1. The molecule has 1 heterocycles. The molecule has 0 fully saturated rings. The Balaban J connectivity index is 2.17. The highest BCUT2D eigenvalue weighted by Crippen LogP contribution is 2.00. The van der Waals surface area contributed by atoms with Gasteiger partial charge in [0.15, 0.2) is 0 Å². The van der Waals surface area contributed by atoms with E-state index < -0.39 is 5.97 Å². The molecule has 0 bridgehead atoms. The van der Waals surface area contributed by atoms with E-state index >= 15 is 0 Å². The first-order valence-corrected chi connectivity index (χ1v) is 4.27. The molecule has 13 heavy (non-hydrogen) atoms. The molecule has 4 heteroatoms. The van der Waals surface area contributed by atoms with Gasteiger partial charge in [-0.3, -0.25) is 4.79 Å². The van der Waals surface area contributed by atoms with Gasteiger partial charge in [0.25, 0.3) is 0 Å². The van der Waals surface area contributed by atoms with Crippen LogP contribution in [0.2, 0.25) is 0 Å². The average Bonchev–Trinajstić information content (AvgIpc) is 2.14. The van der Waals surface area contributed by atoms with E-state index in [-0.39, 0.29) is 6.42 Å². The molecule has 1 aromatic heterocycles. The number of hydrogen-bond acceptors (Lipinski definition) is 3. The van der Waals surface area contributed by atoms with E-state index in [9.17, 15) is 4.79 Å². The molecule has 0 radical (unpaired) electrons. The largest absolute Gasteiger partial charge is 0.481 e. The number of rotatable bonds is 5. The van der Waals surface area contributed by atoms with Crippen molar-refractivity contribution >= 4 is 5.97 Å². The standard InChI is InChI=1S/C9H12N2O2/c12-9(13)5-2-1-4-8-10-6-3-7-11-8/h3,6-7H,1-2,4-5H2,(H,12,13). The highest BCUT2D eigenvalue weighted by atomic mass is 16.4. The number of aliphatic carboxylic acids is 1. The van der Waals surface area contributed by atoms with Crippen molar-refractivity contribution < 1.29 is 9.90 Å². The van der Waals surface area contributed by atoms with Gasteiger partial charge in [-0.15, -0.1) is 0 Å². The van der Waals surface area contributed by atoms with Gasteiger partial charge in [0.2, 0.25) is 0 Å². The number of carbonyl (C=O) groups is 1. The monoisotopic (exact) mass is 180 g/mol. The third kappa shape index (κ3) is 4.20. The zero-order valence-corrected chi connectivity index (χ0v) is 7.31. The van der Waals surface area contributed by atoms with Gasteiger partial charge < -0.3 is 5.11 Å². The molecule has 4 nitrogen and oxygen atoms in total. The van der Waals surface area contributed by atoms with Gasteiger partial charge in [-0.05, 0) is 18.9 Å². The maximum absolute atomic E-state index is 10.2. The van der Waals surface area contributed by atoms with E-state index in [4.69, 9.17) is 5.11 Å². The van der Waals surface area contributed by atoms with Crippen molar-refractivity contribution in [2.75, 3.05) is 0 Å². The quantitative estimate of drug-likeness (QED) is 0.693. The molecule has 0 atom stereocenters. The molecule has 0 unspecified atom stereocenters. The molecule has 70 valence electrons. The summed E-state index contributed by atoms with van der Waals surface area (Å²) >= 11 is 0. The minimum Gasteiger partial charge on any atom is -0.481 e. The van der Waals surface area contributed by atoms with Crippen LogP contribution < -0.4 is 0 Å². The summed E-state index contributed by atoms with van der Waals surface area (Å²) in [5, 5.41) is 8.38. The van der Waals surface area contributed by atoms with Gasteiger partial charge in [0, 0.05) is 25.2 Å². The van der Waals surface area contributed by atoms with E-state index in [2.05, 4.69) is 9.97 Å². The summed E-state index contributed by atoms with van der Waals surface area (Å²) in [5.41, 5.74) is 0. The molecule has 0 spiro atoms. The molecule has 1 aromatic rings. The number of unbranched alkanes of at least 4 members (excludes halogenated alkanes) is 1. The maximum Gasteiger partial charge on any atom is 0.303 e. The van der Waals surface area contributed by atoms with Crippen molar-refractivity contribution in [2.45, 2.75) is 25.7 Å². The van der Waals surface area contributed by atoms with Gasteiger partial charge in [0.1, 0.15) is 5.82 Å². The third-order valence-electron chi connectivity index (χ3n) is 1.66. The van der Waals surface area contributed by atoms with Crippen LogP contribution >= 0.6 is 0 Å². The Kier molecular flexibility index (Phi) is 3.88. The second-order valence-electron chi connectivity index (χ2n) is 2.77. The van der Waals surface area contributed by atoms with E-state index in [1.807, 2.05) is 0 Å². The first-order valence-electron chi connectivity index (χ1n) is 4.27. The molecule has 0 aliphatic heterocycles. The summed E-state index contributed by atoms with van der Waals surface area (Å²) in [6.07, 6.45) is 5.89. The minimum atomic E-state index is -0.742. The fraction of sp³-hybridized carbons (Fsp3) is 0.444. The van der Waals surface area contributed by atoms with Crippen molar-refractivity contribution in [1.29, 1.82) is 0 Å². The fourth-order valence-corrected chi connectivity index (χ4v) is 1.02. The minimum absolute atomic E-state index is 0.229. The van der Waals surface area contributed by atoms with E-state index in [0.29, 0.717) is 6.42 Å². The lowest BCUT2D eigenvalue weighted by atomic mass is 10.2. The molecule has 0 amide bonds. The fourth-order valence-electron chi connectivity index (χ4n) is 1.02. The van der Waals surface area contributed by atoms with Gasteiger partial charge >= 0.3 is 5.97 Å². The van der Waals surface area contributed by atoms with Crippen molar-refractivity contribution in [2.24, 2.45) is 0 Å². The number of aromatic nitrogens is 2. The zero-order chi connectivity index (χ0) is 9.52. The number of nitrogens with zero attached hydrogens (tertiary/aromatic N) is 2. The normalized spacial score (nSPS) is 9.85. The number of aryl methyl sites for hydroxylation is 1. The molecule has 0 saturated heterocycles. The Labute approximate surface area is 76.7 Å². The molecule has 0 aliphatic rings. The smallest absolute Gasteiger partial charge is 0.303 e. The number of carboxylic acids is 1. The van der Waals surface area contributed by atoms with Crippen LogP contribution in [0, 0.1) is 0 Å². The molecule has 1 N–H and O–H groups in total. The summed E-state index contributed by atoms with van der Waals surface area (Å²) in [6, 6.07) is 1.76. The molecule has 0 aliphatic carbocycles. The molecule has 1 rings (SSSR count). The van der Waals surface area contributed by atoms with Crippen molar-refractivity contribution in [3.63, 3.8) is 0 Å². The lowest BCUT2D eigenvalue weighted by molar-refractivity contribution is -0.137. The Hall–Kier alpha value is -1.45. The average molecular weight is 180 g/mol. The summed E-state index contributed by atoms with van der Waals surface area (Å²) < 4.78 is 0. The zero-order valence-electron chi connectivity index (χ0n) is 7.31. The SMILES string of the molecule is O=C(O)CCCCc1ncccn1. The van der Waals surface area contributed by atoms with Gasteiger partial charge in [-0.2, -0.15) is 0 Å². The lowest BCUT2D eigenvalue weighted by Gasteiger charge is -1.97. The van der Waals surface area contributed by atoms with Gasteiger partial charge in [-0.25, -0.2) is 9.97 Å². The van der Waals surface area contributed by atoms with Crippen LogP contribution in [0.3, 0.4) is 0 Å². The molecular weight excluding hydrogens is 168 g/mol. The van der Waals surface area contributed by atoms with Crippen LogP contribution in [-0.2, 0) is 11.2 Å². The topological polar surface area (TPSA) is 63.1 Å². The predicted octanol–water partition coefficient (Wildman–Crippen LogP) is 1.27. The van der Waals surface area contributed by atoms with E-state index in [1.54, 1.807) is 18.5 Å². The summed E-state index contributed by atoms with van der Waals surface area (Å²) in [7, 11) is 0. The number of carboxylic acid groups (broad SMARTS) is 1. The first-order chi connectivity index (χ1) is 6.29. The van der Waals surface area contributed by atoms with Crippen LogP contribution in [0.4, 0.5) is 0 Å². The second kappa shape index (κ2) is 5.24. The second-order valence-corrected chi connectivity index (χ2v) is 2.77. The third-order valence-corrected chi connectivity index (χ3v) is 1.66. The molecule has 0 saturated carbocycles. The maximum atomic E-state index is 10.2. The first kappa shape index (κ1) is 9.64. The van der Waals surface area contributed by atoms with Crippen LogP contribution in [0.1, 0.15) is 25.1 Å². The summed E-state index contributed by atoms with van der Waals surface area (Å²) in [5.74, 6) is 0.0434. The Morgan fingerprint density at radius 3 is 2.62 bits per heavy atom. The van der Waals surface area contributed by atoms with Crippen molar-refractivity contribution in [1.82, 2.24) is 9.97 Å². The van der Waals surface area contributed by atoms with E-state index in [0.717, 1.165) is 18.7 Å². The molecule has 0 aromatic carbocycles. The Morgan fingerprint density at radius 2 is 2.00 bits per heavy atom. The highest BCUT2D eigenvalue weighted by molar-refractivity contribution is 5.66. The lowest BCUT2D eigenvalue weighted by Crippen LogP contribution is -1.97. The van der Waals surface area contributed by atoms with Crippen LogP contribution in [0.15, 0.2) is 18.5 Å². The van der Waals surface area contributed by atoms with Crippen molar-refractivity contribution in [3.05, 3.63) is 24.3 Å². The highest BCUT2D eigenvalue weighted by Gasteiger charge is 1.98. The van der Waals surface area contributed by atoms with Crippen LogP contribution in [0.5, 0.6) is 0 Å². The summed E-state index contributed by atoms with van der Waals surface area (Å²) in [6.45, 7) is 0. The Bertz CT molecular complexity index is 262. The van der Waals surface area contributed by atoms with E-state index in [1.165, 1.54) is 0 Å². The Morgan fingerprint density at radius 1 is 1.31 bits per heavy atom.